The summed E-state index contributed by atoms with van der Waals surface area (Å²) in [6, 6.07) is 7.60. The van der Waals surface area contributed by atoms with Gasteiger partial charge in [-0.15, -0.1) is 0 Å². The second kappa shape index (κ2) is 11.6. The molecule has 0 unspecified atom stereocenters. The van der Waals surface area contributed by atoms with Gasteiger partial charge in [0.2, 0.25) is 0 Å². The third-order valence-electron chi connectivity index (χ3n) is 4.76. The van der Waals surface area contributed by atoms with Gasteiger partial charge in [0.15, 0.2) is 5.11 Å². The van der Waals surface area contributed by atoms with E-state index in [0.29, 0.717) is 21.8 Å². The Morgan fingerprint density at radius 1 is 1.27 bits per heavy atom. The van der Waals surface area contributed by atoms with Crippen LogP contribution in [0.1, 0.15) is 23.2 Å². The summed E-state index contributed by atoms with van der Waals surface area (Å²) >= 11 is 17.7. The van der Waals surface area contributed by atoms with Crippen molar-refractivity contribution in [2.24, 2.45) is 5.10 Å². The van der Waals surface area contributed by atoms with E-state index in [-0.39, 0.29) is 0 Å². The number of hydrogen-bond donors (Lipinski definition) is 2. The zero-order valence-corrected chi connectivity index (χ0v) is 19.2. The number of halogens is 2. The molecular formula is C20H26Cl2N6OS. The fourth-order valence-corrected chi connectivity index (χ4v) is 3.67. The van der Waals surface area contributed by atoms with Gasteiger partial charge in [0.1, 0.15) is 5.15 Å². The molecule has 1 fully saturated rings. The van der Waals surface area contributed by atoms with Crippen molar-refractivity contribution in [3.8, 4) is 0 Å². The summed E-state index contributed by atoms with van der Waals surface area (Å²) in [5, 5.41) is 13.6. The Morgan fingerprint density at radius 3 is 2.73 bits per heavy atom. The van der Waals surface area contributed by atoms with Crippen LogP contribution in [0.15, 0.2) is 29.4 Å². The molecule has 2 N–H and O–H groups in total. The fraction of sp³-hybridized carbons (Fsp3) is 0.450. The van der Waals surface area contributed by atoms with Gasteiger partial charge in [0.05, 0.1) is 37.2 Å². The predicted molar refractivity (Wildman–Crippen MR) is 126 cm³/mol. The molecule has 10 heteroatoms. The molecule has 0 aliphatic carbocycles. The quantitative estimate of drug-likeness (QED) is 0.268. The van der Waals surface area contributed by atoms with Crippen molar-refractivity contribution in [1.29, 1.82) is 0 Å². The number of aryl methyl sites for hydroxylation is 1. The van der Waals surface area contributed by atoms with Gasteiger partial charge in [-0.3, -0.25) is 10.3 Å². The van der Waals surface area contributed by atoms with E-state index in [9.17, 15) is 0 Å². The second-order valence-electron chi connectivity index (χ2n) is 7.01. The minimum atomic E-state index is 0.482. The van der Waals surface area contributed by atoms with Gasteiger partial charge in [0.25, 0.3) is 0 Å². The van der Waals surface area contributed by atoms with Crippen LogP contribution in [-0.2, 0) is 11.3 Å². The molecule has 0 radical (unpaired) electrons. The molecule has 1 aromatic carbocycles. The van der Waals surface area contributed by atoms with Crippen LogP contribution in [0.5, 0.6) is 0 Å². The zero-order valence-electron chi connectivity index (χ0n) is 16.9. The summed E-state index contributed by atoms with van der Waals surface area (Å²) in [6.45, 7) is 7.91. The molecule has 0 atom stereocenters. The minimum Gasteiger partial charge on any atom is -0.379 e. The normalized spacial score (nSPS) is 14.9. The lowest BCUT2D eigenvalue weighted by Crippen LogP contribution is -2.39. The lowest BCUT2D eigenvalue weighted by atomic mass is 10.2. The van der Waals surface area contributed by atoms with Crippen LogP contribution in [0.25, 0.3) is 0 Å². The maximum absolute atomic E-state index is 6.50. The third kappa shape index (κ3) is 6.92. The largest absolute Gasteiger partial charge is 0.379 e. The first-order valence-electron chi connectivity index (χ1n) is 9.87. The number of nitrogens with one attached hydrogen (secondary N) is 2. The van der Waals surface area contributed by atoms with Crippen molar-refractivity contribution in [1.82, 2.24) is 25.4 Å². The molecular weight excluding hydrogens is 443 g/mol. The lowest BCUT2D eigenvalue weighted by Gasteiger charge is -2.26. The van der Waals surface area contributed by atoms with E-state index in [2.05, 4.69) is 25.8 Å². The molecule has 0 bridgehead atoms. The Balaban J connectivity index is 1.44. The highest BCUT2D eigenvalue weighted by Gasteiger charge is 2.12. The van der Waals surface area contributed by atoms with Crippen LogP contribution >= 0.6 is 35.4 Å². The molecule has 2 aromatic rings. The molecule has 0 amide bonds. The Labute approximate surface area is 192 Å². The first kappa shape index (κ1) is 23.0. The molecule has 2 heterocycles. The van der Waals surface area contributed by atoms with Gasteiger partial charge >= 0.3 is 0 Å². The van der Waals surface area contributed by atoms with E-state index in [0.717, 1.165) is 62.6 Å². The maximum Gasteiger partial charge on any atom is 0.186 e. The number of rotatable bonds is 8. The van der Waals surface area contributed by atoms with Crippen LogP contribution < -0.4 is 10.7 Å². The van der Waals surface area contributed by atoms with E-state index in [1.807, 2.05) is 31.2 Å². The average molecular weight is 469 g/mol. The number of benzene rings is 1. The molecule has 0 saturated carbocycles. The van der Waals surface area contributed by atoms with Crippen LogP contribution in [-0.4, -0.2) is 65.4 Å². The zero-order chi connectivity index (χ0) is 21.3. The van der Waals surface area contributed by atoms with Gasteiger partial charge in [0, 0.05) is 24.7 Å². The standard InChI is InChI=1S/C20H26Cl2N6OS/c1-15-18(19(22)28(26-15)14-16-3-5-17(21)6-4-16)13-24-25-20(30)23-7-2-8-27-9-11-29-12-10-27/h3-6,13H,2,7-12,14H2,1H3,(H2,23,25,30)/b24-13+. The summed E-state index contributed by atoms with van der Waals surface area (Å²) in [5.74, 6) is 0. The molecule has 1 aliphatic rings. The van der Waals surface area contributed by atoms with Crippen molar-refractivity contribution in [2.45, 2.75) is 19.9 Å². The lowest BCUT2D eigenvalue weighted by molar-refractivity contribution is 0.0376. The number of ether oxygens (including phenoxy) is 1. The van der Waals surface area contributed by atoms with Crippen LogP contribution in [0.2, 0.25) is 10.2 Å². The number of hydrogen-bond acceptors (Lipinski definition) is 5. The van der Waals surface area contributed by atoms with Gasteiger partial charge in [-0.1, -0.05) is 35.3 Å². The molecule has 1 aromatic heterocycles. The smallest absolute Gasteiger partial charge is 0.186 e. The van der Waals surface area contributed by atoms with E-state index in [1.165, 1.54) is 0 Å². The number of thiocarbonyl (C=S) groups is 1. The SMILES string of the molecule is Cc1nn(Cc2ccc(Cl)cc2)c(Cl)c1/C=N/NC(=S)NCCCN1CCOCC1. The highest BCUT2D eigenvalue weighted by molar-refractivity contribution is 7.80. The van der Waals surface area contributed by atoms with Gasteiger partial charge in [-0.2, -0.15) is 10.2 Å². The Bertz CT molecular complexity index is 865. The van der Waals surface area contributed by atoms with Crippen LogP contribution in [0.3, 0.4) is 0 Å². The van der Waals surface area contributed by atoms with Crippen molar-refractivity contribution in [2.75, 3.05) is 39.4 Å². The molecule has 3 rings (SSSR count). The van der Waals surface area contributed by atoms with E-state index >= 15 is 0 Å². The molecule has 1 saturated heterocycles. The first-order valence-corrected chi connectivity index (χ1v) is 11.0. The summed E-state index contributed by atoms with van der Waals surface area (Å²) in [6.07, 6.45) is 2.65. The van der Waals surface area contributed by atoms with E-state index < -0.39 is 0 Å². The van der Waals surface area contributed by atoms with Crippen molar-refractivity contribution in [3.63, 3.8) is 0 Å². The average Bonchev–Trinajstić information content (AvgIpc) is 3.01. The monoisotopic (exact) mass is 468 g/mol. The number of aromatic nitrogens is 2. The first-order chi connectivity index (χ1) is 14.5. The molecule has 1 aliphatic heterocycles. The summed E-state index contributed by atoms with van der Waals surface area (Å²) < 4.78 is 7.09. The van der Waals surface area contributed by atoms with Gasteiger partial charge in [-0.25, -0.2) is 4.68 Å². The second-order valence-corrected chi connectivity index (χ2v) is 8.21. The number of nitrogens with zero attached hydrogens (tertiary/aromatic N) is 4. The Morgan fingerprint density at radius 2 is 2.00 bits per heavy atom. The van der Waals surface area contributed by atoms with E-state index in [4.69, 9.17) is 40.2 Å². The van der Waals surface area contributed by atoms with E-state index in [1.54, 1.807) is 10.9 Å². The highest BCUT2D eigenvalue weighted by Crippen LogP contribution is 2.19. The molecule has 0 spiro atoms. The van der Waals surface area contributed by atoms with Crippen LogP contribution in [0.4, 0.5) is 0 Å². The Hall–Kier alpha value is -1.71. The van der Waals surface area contributed by atoms with Crippen LogP contribution in [0, 0.1) is 6.92 Å². The summed E-state index contributed by atoms with van der Waals surface area (Å²) in [5.41, 5.74) is 5.45. The van der Waals surface area contributed by atoms with Crippen molar-refractivity contribution in [3.05, 3.63) is 51.3 Å². The topological polar surface area (TPSA) is 66.7 Å². The number of hydrazone groups is 1. The predicted octanol–water partition coefficient (Wildman–Crippen LogP) is 3.07. The fourth-order valence-electron chi connectivity index (χ4n) is 3.11. The Kier molecular flexibility index (Phi) is 8.89. The number of morpholine rings is 1. The van der Waals surface area contributed by atoms with Gasteiger partial charge in [-0.05, 0) is 49.8 Å². The van der Waals surface area contributed by atoms with Gasteiger partial charge < -0.3 is 10.1 Å². The van der Waals surface area contributed by atoms with Crippen molar-refractivity contribution >= 4 is 46.7 Å². The third-order valence-corrected chi connectivity index (χ3v) is 5.64. The van der Waals surface area contributed by atoms with Crippen molar-refractivity contribution < 1.29 is 4.74 Å². The molecule has 162 valence electrons. The highest BCUT2D eigenvalue weighted by atomic mass is 35.5. The molecule has 7 nitrogen and oxygen atoms in total. The summed E-state index contributed by atoms with van der Waals surface area (Å²) in [4.78, 5) is 2.40. The summed E-state index contributed by atoms with van der Waals surface area (Å²) in [7, 11) is 0. The minimum absolute atomic E-state index is 0.482. The maximum atomic E-state index is 6.50. The molecule has 30 heavy (non-hydrogen) atoms.